The summed E-state index contributed by atoms with van der Waals surface area (Å²) in [5.41, 5.74) is 0. The number of rotatable bonds is 55. The molecule has 0 amide bonds. The first-order chi connectivity index (χ1) is 36.6. The molecule has 12 heteroatoms. The molecular weight excluding hydrogens is 949 g/mol. The van der Waals surface area contributed by atoms with Gasteiger partial charge in [-0.15, -0.1) is 0 Å². The van der Waals surface area contributed by atoms with Crippen LogP contribution in [0.2, 0.25) is 0 Å². The highest BCUT2D eigenvalue weighted by molar-refractivity contribution is 5.74. The van der Waals surface area contributed by atoms with Crippen molar-refractivity contribution in [2.45, 2.75) is 353 Å². The van der Waals surface area contributed by atoms with Gasteiger partial charge < -0.3 is 39.0 Å². The standard InChI is InChI=1S/C63H116O12/c1-4-7-10-13-16-19-22-24-26-28-30-32-35-37-40-43-46-49-55(64)71-52-54(73-56(65)50-47-44-41-39-36-33-31-29-27-25-23-20-17-14-11-8-5-2)53-72-63-61(59(68)58(67)60(75-63)62(69)70)74-57(66)51-48-45-42-38-34-21-18-15-12-9-6-3/h24,26,54,58-61,63,67-68H,4-23,25,27-53H2,1-3H3,(H,69,70)/b26-24-. The fourth-order valence-corrected chi connectivity index (χ4v) is 9.95. The van der Waals surface area contributed by atoms with Crippen molar-refractivity contribution < 1.29 is 58.2 Å². The molecule has 75 heavy (non-hydrogen) atoms. The van der Waals surface area contributed by atoms with Crippen molar-refractivity contribution in [3.05, 3.63) is 12.2 Å². The molecule has 0 saturated carbocycles. The highest BCUT2D eigenvalue weighted by Crippen LogP contribution is 2.27. The smallest absolute Gasteiger partial charge is 0.335 e. The van der Waals surface area contributed by atoms with Gasteiger partial charge in [0.05, 0.1) is 6.61 Å². The second kappa shape index (κ2) is 52.2. The Bertz CT molecular complexity index is 1360. The zero-order chi connectivity index (χ0) is 54.7. The number of ether oxygens (including phenoxy) is 5. The Morgan fingerprint density at radius 2 is 0.760 bits per heavy atom. The van der Waals surface area contributed by atoms with Gasteiger partial charge in [0.1, 0.15) is 18.8 Å². The van der Waals surface area contributed by atoms with Gasteiger partial charge in [-0.1, -0.05) is 264 Å². The van der Waals surface area contributed by atoms with E-state index >= 15 is 0 Å². The van der Waals surface area contributed by atoms with Crippen LogP contribution in [-0.4, -0.2) is 89.2 Å². The average molecular weight is 1070 g/mol. The number of esters is 3. The van der Waals surface area contributed by atoms with Crippen LogP contribution in [0.3, 0.4) is 0 Å². The Balaban J connectivity index is 2.64. The Hall–Kier alpha value is -2.54. The second-order valence-corrected chi connectivity index (χ2v) is 22.1. The lowest BCUT2D eigenvalue weighted by atomic mass is 9.98. The van der Waals surface area contributed by atoms with E-state index in [0.717, 1.165) is 70.6 Å². The fraction of sp³-hybridized carbons (Fsp3) is 0.905. The molecule has 0 aromatic rings. The molecule has 0 aromatic carbocycles. The van der Waals surface area contributed by atoms with E-state index in [9.17, 15) is 34.5 Å². The largest absolute Gasteiger partial charge is 0.479 e. The number of allylic oxidation sites excluding steroid dienone is 2. The molecule has 1 fully saturated rings. The molecule has 440 valence electrons. The Kier molecular flexibility index (Phi) is 49.0. The Labute approximate surface area is 458 Å². The van der Waals surface area contributed by atoms with E-state index in [1.807, 2.05) is 0 Å². The van der Waals surface area contributed by atoms with Crippen LogP contribution in [0.1, 0.15) is 316 Å². The van der Waals surface area contributed by atoms with Gasteiger partial charge in [0.2, 0.25) is 0 Å². The molecule has 1 aliphatic heterocycles. The molecule has 0 aromatic heterocycles. The maximum absolute atomic E-state index is 13.2. The Morgan fingerprint density at radius 3 is 1.13 bits per heavy atom. The summed E-state index contributed by atoms with van der Waals surface area (Å²) in [4.78, 5) is 51.2. The van der Waals surface area contributed by atoms with E-state index < -0.39 is 67.3 Å². The van der Waals surface area contributed by atoms with Gasteiger partial charge in [0.25, 0.3) is 0 Å². The zero-order valence-corrected chi connectivity index (χ0v) is 48.6. The van der Waals surface area contributed by atoms with Gasteiger partial charge in [-0.3, -0.25) is 14.4 Å². The van der Waals surface area contributed by atoms with E-state index in [-0.39, 0.29) is 25.9 Å². The number of hydrogen-bond acceptors (Lipinski definition) is 11. The number of carbonyl (C=O) groups excluding carboxylic acids is 3. The van der Waals surface area contributed by atoms with Crippen molar-refractivity contribution >= 4 is 23.9 Å². The normalized spacial score (nSPS) is 18.1. The molecule has 1 aliphatic rings. The molecule has 0 aliphatic carbocycles. The van der Waals surface area contributed by atoms with Crippen molar-refractivity contribution in [1.29, 1.82) is 0 Å². The minimum atomic E-state index is -1.90. The van der Waals surface area contributed by atoms with Crippen LogP contribution < -0.4 is 0 Å². The first kappa shape index (κ1) is 70.5. The van der Waals surface area contributed by atoms with E-state index in [1.54, 1.807) is 0 Å². The highest BCUT2D eigenvalue weighted by atomic mass is 16.7. The topological polar surface area (TPSA) is 175 Å². The van der Waals surface area contributed by atoms with E-state index in [0.29, 0.717) is 19.3 Å². The summed E-state index contributed by atoms with van der Waals surface area (Å²) in [5.74, 6) is -3.08. The summed E-state index contributed by atoms with van der Waals surface area (Å²) < 4.78 is 28.5. The lowest BCUT2D eigenvalue weighted by Gasteiger charge is -2.40. The quantitative estimate of drug-likeness (QED) is 0.0228. The van der Waals surface area contributed by atoms with Gasteiger partial charge in [-0.25, -0.2) is 4.79 Å². The van der Waals surface area contributed by atoms with Crippen LogP contribution in [0, 0.1) is 0 Å². The van der Waals surface area contributed by atoms with Crippen LogP contribution in [0.25, 0.3) is 0 Å². The second-order valence-electron chi connectivity index (χ2n) is 22.1. The zero-order valence-electron chi connectivity index (χ0n) is 48.6. The SMILES string of the molecule is CCCCCCCC/C=C\CCCCCCCCCC(=O)OCC(COC1OC(C(=O)O)C(O)C(O)C1OC(=O)CCCCCCCCCCCCC)OC(=O)CCCCCCCCCCCCCCCCCCC. The van der Waals surface area contributed by atoms with Crippen molar-refractivity contribution in [2.24, 2.45) is 0 Å². The number of aliphatic hydroxyl groups is 2. The number of carboxylic acids is 1. The number of aliphatic carboxylic acids is 1. The third kappa shape index (κ3) is 42.1. The van der Waals surface area contributed by atoms with Crippen molar-refractivity contribution in [1.82, 2.24) is 0 Å². The van der Waals surface area contributed by atoms with Crippen molar-refractivity contribution in [3.8, 4) is 0 Å². The molecule has 3 N–H and O–H groups in total. The third-order valence-corrected chi connectivity index (χ3v) is 14.8. The average Bonchev–Trinajstić information content (AvgIpc) is 3.39. The monoisotopic (exact) mass is 1060 g/mol. The van der Waals surface area contributed by atoms with Crippen LogP contribution in [0.5, 0.6) is 0 Å². The molecule has 0 spiro atoms. The number of hydrogen-bond donors (Lipinski definition) is 3. The summed E-state index contributed by atoms with van der Waals surface area (Å²) in [7, 11) is 0. The summed E-state index contributed by atoms with van der Waals surface area (Å²) in [5, 5.41) is 31.5. The molecule has 1 rings (SSSR count). The first-order valence-corrected chi connectivity index (χ1v) is 31.7. The number of aliphatic hydroxyl groups excluding tert-OH is 2. The molecule has 6 unspecified atom stereocenters. The molecule has 12 nitrogen and oxygen atoms in total. The summed E-state index contributed by atoms with van der Waals surface area (Å²) in [6.45, 7) is 6.02. The number of carboxylic acid groups (broad SMARTS) is 1. The molecule has 6 atom stereocenters. The van der Waals surface area contributed by atoms with Gasteiger partial charge in [0.15, 0.2) is 24.6 Å². The third-order valence-electron chi connectivity index (χ3n) is 14.8. The van der Waals surface area contributed by atoms with E-state index in [2.05, 4.69) is 32.9 Å². The van der Waals surface area contributed by atoms with Crippen molar-refractivity contribution in [2.75, 3.05) is 13.2 Å². The van der Waals surface area contributed by atoms with Crippen LogP contribution in [0.4, 0.5) is 0 Å². The van der Waals surface area contributed by atoms with Crippen LogP contribution in [0.15, 0.2) is 12.2 Å². The van der Waals surface area contributed by atoms with Gasteiger partial charge >= 0.3 is 23.9 Å². The number of carbonyl (C=O) groups is 4. The maximum Gasteiger partial charge on any atom is 0.335 e. The predicted molar refractivity (Wildman–Crippen MR) is 304 cm³/mol. The highest BCUT2D eigenvalue weighted by Gasteiger charge is 2.50. The lowest BCUT2D eigenvalue weighted by Crippen LogP contribution is -2.61. The van der Waals surface area contributed by atoms with Gasteiger partial charge in [-0.05, 0) is 44.9 Å². The number of unbranched alkanes of at least 4 members (excludes halogenated alkanes) is 39. The van der Waals surface area contributed by atoms with E-state index in [1.165, 1.54) is 186 Å². The molecule has 1 heterocycles. The lowest BCUT2D eigenvalue weighted by molar-refractivity contribution is -0.301. The summed E-state index contributed by atoms with van der Waals surface area (Å²) in [6.07, 6.45) is 46.1. The molecule has 0 radical (unpaired) electrons. The van der Waals surface area contributed by atoms with Gasteiger partial charge in [0, 0.05) is 19.3 Å². The molecular formula is C63H116O12. The van der Waals surface area contributed by atoms with Crippen LogP contribution >= 0.6 is 0 Å². The van der Waals surface area contributed by atoms with Crippen molar-refractivity contribution in [3.63, 3.8) is 0 Å². The fourth-order valence-electron chi connectivity index (χ4n) is 9.95. The summed E-state index contributed by atoms with van der Waals surface area (Å²) in [6, 6.07) is 0. The van der Waals surface area contributed by atoms with Gasteiger partial charge in [-0.2, -0.15) is 0 Å². The summed E-state index contributed by atoms with van der Waals surface area (Å²) >= 11 is 0. The molecule has 1 saturated heterocycles. The predicted octanol–water partition coefficient (Wildman–Crippen LogP) is 16.5. The van der Waals surface area contributed by atoms with Crippen LogP contribution in [-0.2, 0) is 42.9 Å². The molecule has 0 bridgehead atoms. The maximum atomic E-state index is 13.2. The minimum Gasteiger partial charge on any atom is -0.479 e. The minimum absolute atomic E-state index is 0.0677. The van der Waals surface area contributed by atoms with E-state index in [4.69, 9.17) is 23.7 Å². The Morgan fingerprint density at radius 1 is 0.427 bits per heavy atom. The first-order valence-electron chi connectivity index (χ1n) is 31.7.